The third kappa shape index (κ3) is 125. The average Bonchev–Trinajstić information content (AvgIpc) is 2.05. The van der Waals surface area contributed by atoms with Gasteiger partial charge in [-0.15, -0.1) is 0 Å². The minimum atomic E-state index is -0.284. The maximum Gasteiger partial charge on any atom is 0.305 e. The first-order valence-electron chi connectivity index (χ1n) is 35.4. The highest BCUT2D eigenvalue weighted by Gasteiger charge is 2.05. The van der Waals surface area contributed by atoms with Crippen LogP contribution in [0.3, 0.4) is 0 Å². The number of Topliss-reactive ketones (excluding diaryl/α,β-unsaturated/α-hetero) is 1. The molecule has 0 saturated carbocycles. The molecule has 0 N–H and O–H groups in total. The van der Waals surface area contributed by atoms with E-state index in [1.165, 1.54) is 71.3 Å². The van der Waals surface area contributed by atoms with Crippen LogP contribution >= 0.6 is 11.8 Å². The molecule has 0 fully saturated rings. The summed E-state index contributed by atoms with van der Waals surface area (Å²) in [5, 5.41) is 0. The zero-order chi connectivity index (χ0) is 79.6. The lowest BCUT2D eigenvalue weighted by Gasteiger charge is -2.05. The molecule has 0 aliphatic carbocycles. The molecule has 0 spiro atoms. The molecule has 0 aromatic heterocycles. The Morgan fingerprint density at radius 1 is 0.311 bits per heavy atom. The largest absolute Gasteiger partial charge is 0.469 e. The molecule has 0 amide bonds. The second-order valence-electron chi connectivity index (χ2n) is 21.3. The molecule has 0 unspecified atom stereocenters. The van der Waals surface area contributed by atoms with Gasteiger partial charge in [-0.1, -0.05) is 164 Å². The Balaban J connectivity index is -0.000000164. The highest BCUT2D eigenvalue weighted by molar-refractivity contribution is 7.98. The number of carbonyl (C=O) groups excluding carboxylic acids is 9. The topological polar surface area (TPSA) is 264 Å². The maximum absolute atomic E-state index is 11.4. The molecule has 21 nitrogen and oxygen atoms in total. The van der Waals surface area contributed by atoms with Crippen molar-refractivity contribution in [2.24, 2.45) is 0 Å². The molecule has 0 heterocycles. The molecule has 22 heteroatoms. The minimum Gasteiger partial charge on any atom is -0.469 e. The van der Waals surface area contributed by atoms with E-state index in [1.807, 2.05) is 100 Å². The number of esters is 8. The van der Waals surface area contributed by atoms with Crippen molar-refractivity contribution < 1.29 is 100.0 Å². The van der Waals surface area contributed by atoms with E-state index >= 15 is 0 Å². The predicted molar refractivity (Wildman–Crippen MR) is 415 cm³/mol. The van der Waals surface area contributed by atoms with E-state index in [2.05, 4.69) is 123 Å². The van der Waals surface area contributed by atoms with E-state index in [-0.39, 0.29) is 53.5 Å². The van der Waals surface area contributed by atoms with Gasteiger partial charge in [-0.3, -0.25) is 43.2 Å². The van der Waals surface area contributed by atoms with E-state index in [4.69, 9.17) is 23.7 Å². The lowest BCUT2D eigenvalue weighted by atomic mass is 10.2. The number of benzene rings is 4. The monoisotopic (exact) mass is 1480 g/mol. The SMILES string of the molecule is CC.CCCOCC.CCOCCC(C)=O.COC(=O)CCCCCOC(=O)CCCCCOC(C)=O.COC(=O)CCCCOC(C)=O.COC(=O)CCCCOC(C)=O.COCCOC(C)=O.COCCSC.Cc1ccccc1.Cc1ccccc1.Cc1ccccc1.Cc1ccccc1. The molecule has 4 aromatic carbocycles. The van der Waals surface area contributed by atoms with Gasteiger partial charge >= 0.3 is 47.8 Å². The van der Waals surface area contributed by atoms with Gasteiger partial charge < -0.3 is 56.8 Å². The van der Waals surface area contributed by atoms with Gasteiger partial charge in [-0.25, -0.2) is 0 Å². The average molecular weight is 1480 g/mol. The predicted octanol–water partition coefficient (Wildman–Crippen LogP) is 16.8. The Hall–Kier alpha value is -7.50. The number of hydrogen-bond donors (Lipinski definition) is 0. The number of rotatable bonds is 35. The smallest absolute Gasteiger partial charge is 0.305 e. The quantitative estimate of drug-likeness (QED) is 0.0235. The number of aryl methyl sites for hydroxylation is 4. The molecular weight excluding hydrogens is 1340 g/mol. The molecule has 4 aromatic rings. The van der Waals surface area contributed by atoms with Crippen molar-refractivity contribution in [3.63, 3.8) is 0 Å². The lowest BCUT2D eigenvalue weighted by Crippen LogP contribution is -2.06. The van der Waals surface area contributed by atoms with Crippen LogP contribution in [-0.2, 0) is 100.0 Å². The van der Waals surface area contributed by atoms with E-state index in [1.54, 1.807) is 32.9 Å². The molecule has 0 aliphatic heterocycles. The number of thioether (sulfide) groups is 1. The zero-order valence-electron chi connectivity index (χ0n) is 66.8. The molecule has 0 atom stereocenters. The van der Waals surface area contributed by atoms with Crippen molar-refractivity contribution in [2.45, 2.75) is 200 Å². The number of ketones is 1. The number of hydrogen-bond acceptors (Lipinski definition) is 22. The van der Waals surface area contributed by atoms with Gasteiger partial charge in [0.05, 0.1) is 67.6 Å². The Bertz CT molecular complexity index is 2230. The Morgan fingerprint density at radius 3 is 0.806 bits per heavy atom. The molecule has 0 radical (unpaired) electrons. The molecule has 0 bridgehead atoms. The highest BCUT2D eigenvalue weighted by atomic mass is 32.2. The summed E-state index contributed by atoms with van der Waals surface area (Å²) in [4.78, 5) is 94.8. The van der Waals surface area contributed by atoms with Crippen molar-refractivity contribution in [1.29, 1.82) is 0 Å². The van der Waals surface area contributed by atoms with Gasteiger partial charge in [-0.05, 0) is 125 Å². The Morgan fingerprint density at radius 2 is 0.583 bits per heavy atom. The zero-order valence-corrected chi connectivity index (χ0v) is 67.6. The van der Waals surface area contributed by atoms with Gasteiger partial charge in [-0.2, -0.15) is 11.8 Å². The van der Waals surface area contributed by atoms with Crippen molar-refractivity contribution in [1.82, 2.24) is 0 Å². The van der Waals surface area contributed by atoms with Crippen LogP contribution in [0.1, 0.15) is 194 Å². The summed E-state index contributed by atoms with van der Waals surface area (Å²) >= 11 is 1.80. The summed E-state index contributed by atoms with van der Waals surface area (Å²) in [7, 11) is 7.36. The molecular formula is C81H136O21S. The Kier molecular flexibility index (Phi) is 104. The van der Waals surface area contributed by atoms with Crippen molar-refractivity contribution in [3.05, 3.63) is 144 Å². The maximum atomic E-state index is 11.4. The molecule has 592 valence electrons. The second-order valence-corrected chi connectivity index (χ2v) is 22.3. The fraction of sp³-hybridized carbons (Fsp3) is 0.593. The Labute approximate surface area is 625 Å². The van der Waals surface area contributed by atoms with Gasteiger partial charge in [0.1, 0.15) is 12.4 Å². The number of unbranched alkanes of at least 4 members (excludes halogenated alkanes) is 6. The first kappa shape index (κ1) is 111. The van der Waals surface area contributed by atoms with Crippen LogP contribution in [0.5, 0.6) is 0 Å². The summed E-state index contributed by atoms with van der Waals surface area (Å²) in [6, 6.07) is 41.0. The van der Waals surface area contributed by atoms with Gasteiger partial charge in [0.2, 0.25) is 0 Å². The van der Waals surface area contributed by atoms with E-state index in [9.17, 15) is 43.2 Å². The number of methoxy groups -OCH3 is 5. The second kappa shape index (κ2) is 96.6. The summed E-state index contributed by atoms with van der Waals surface area (Å²) < 4.78 is 56.4. The lowest BCUT2D eigenvalue weighted by molar-refractivity contribution is -0.145. The number of ether oxygens (including phenoxy) is 12. The summed E-state index contributed by atoms with van der Waals surface area (Å²) in [5.41, 5.74) is 5.29. The van der Waals surface area contributed by atoms with E-state index in [0.717, 1.165) is 70.5 Å². The highest BCUT2D eigenvalue weighted by Crippen LogP contribution is 2.06. The summed E-state index contributed by atoms with van der Waals surface area (Å²) in [6.07, 6.45) is 12.8. The van der Waals surface area contributed by atoms with Crippen LogP contribution in [0, 0.1) is 27.7 Å². The minimum absolute atomic E-state index is 0.193. The van der Waals surface area contributed by atoms with Crippen LogP contribution < -0.4 is 0 Å². The standard InChI is InChI=1S/C15H26O6.2C8H14O4.4C7H8.C6H12O2.C5H10O3.C5H12O.C4H10OS.C2H6/c1-13(16)20-11-7-4-6-10-15(18)21-12-8-3-5-9-14(17)19-2;2*1-7(9)12-6-4-3-5-8(10)11-2;4*1-7-5-3-2-4-6-7;1-3-8-5-4-6(2)7;1-5(6)8-4-3-7-2;1-3-5-6-4-2;1-5-3-4-6-2;1-2/h3-12H2,1-2H3;2*3-6H2,1-2H3;4*2-6H,1H3;3-5H2,1-2H3;3-4H2,1-2H3;3-5H2,1-2H3;3-4H2,1-2H3;1-2H3. The normalized spacial score (nSPS) is 9.05. The van der Waals surface area contributed by atoms with Gasteiger partial charge in [0, 0.05) is 99.6 Å². The fourth-order valence-electron chi connectivity index (χ4n) is 6.27. The van der Waals surface area contributed by atoms with Gasteiger partial charge in [0.25, 0.3) is 0 Å². The van der Waals surface area contributed by atoms with Crippen molar-refractivity contribution in [2.75, 3.05) is 120 Å². The van der Waals surface area contributed by atoms with Crippen LogP contribution in [-0.4, -0.2) is 174 Å². The van der Waals surface area contributed by atoms with Crippen LogP contribution in [0.2, 0.25) is 0 Å². The third-order valence-electron chi connectivity index (χ3n) is 11.7. The first-order chi connectivity index (χ1) is 49.3. The van der Waals surface area contributed by atoms with Crippen molar-refractivity contribution >= 4 is 65.3 Å². The van der Waals surface area contributed by atoms with E-state index in [0.29, 0.717) is 111 Å². The molecule has 0 aliphatic rings. The van der Waals surface area contributed by atoms with E-state index < -0.39 is 0 Å². The van der Waals surface area contributed by atoms with Crippen molar-refractivity contribution in [3.8, 4) is 0 Å². The molecule has 0 saturated heterocycles. The third-order valence-corrected chi connectivity index (χ3v) is 12.2. The first-order valence-corrected chi connectivity index (χ1v) is 36.8. The summed E-state index contributed by atoms with van der Waals surface area (Å²) in [5.74, 6) is -0.661. The summed E-state index contributed by atoms with van der Waals surface area (Å²) in [6.45, 7) is 31.7. The molecule has 103 heavy (non-hydrogen) atoms. The van der Waals surface area contributed by atoms with Crippen LogP contribution in [0.15, 0.2) is 121 Å². The fourth-order valence-corrected chi connectivity index (χ4v) is 6.61. The molecule has 4 rings (SSSR count). The van der Waals surface area contributed by atoms with Crippen LogP contribution in [0.25, 0.3) is 0 Å². The number of carbonyl (C=O) groups is 9. The van der Waals surface area contributed by atoms with Gasteiger partial charge in [0.15, 0.2) is 0 Å². The van der Waals surface area contributed by atoms with Crippen LogP contribution in [0.4, 0.5) is 0 Å².